The van der Waals surface area contributed by atoms with Crippen LogP contribution in [0.5, 0.6) is 5.75 Å². The molecule has 23 heavy (non-hydrogen) atoms. The number of aromatic amines is 1. The van der Waals surface area contributed by atoms with E-state index in [9.17, 15) is 0 Å². The van der Waals surface area contributed by atoms with E-state index in [0.29, 0.717) is 11.4 Å². The molecule has 5 heteroatoms. The summed E-state index contributed by atoms with van der Waals surface area (Å²) in [5, 5.41) is 7.11. The molecule has 1 N–H and O–H groups in total. The SMILES string of the molecule is C=CCc1ccccc1OCc1n[nH]c(=S)n1-c1ccccc1. The van der Waals surface area contributed by atoms with Gasteiger partial charge in [-0.05, 0) is 42.4 Å². The van der Waals surface area contributed by atoms with Crippen molar-refractivity contribution in [1.29, 1.82) is 0 Å². The lowest BCUT2D eigenvalue weighted by atomic mass is 10.1. The smallest absolute Gasteiger partial charge is 0.199 e. The van der Waals surface area contributed by atoms with Crippen LogP contribution in [0.2, 0.25) is 0 Å². The number of nitrogens with zero attached hydrogens (tertiary/aromatic N) is 2. The van der Waals surface area contributed by atoms with E-state index in [-0.39, 0.29) is 0 Å². The first kappa shape index (κ1) is 15.2. The first-order valence-corrected chi connectivity index (χ1v) is 7.73. The third-order valence-electron chi connectivity index (χ3n) is 3.45. The maximum Gasteiger partial charge on any atom is 0.199 e. The van der Waals surface area contributed by atoms with E-state index in [2.05, 4.69) is 16.8 Å². The number of aromatic nitrogens is 3. The normalized spacial score (nSPS) is 10.4. The Labute approximate surface area is 140 Å². The van der Waals surface area contributed by atoms with Gasteiger partial charge in [0, 0.05) is 5.69 Å². The number of H-pyrrole nitrogens is 1. The average Bonchev–Trinajstić information content (AvgIpc) is 2.96. The maximum absolute atomic E-state index is 5.95. The summed E-state index contributed by atoms with van der Waals surface area (Å²) in [6.45, 7) is 4.11. The zero-order chi connectivity index (χ0) is 16.1. The van der Waals surface area contributed by atoms with E-state index in [0.717, 1.165) is 29.2 Å². The van der Waals surface area contributed by atoms with Crippen molar-refractivity contribution in [3.8, 4) is 11.4 Å². The lowest BCUT2D eigenvalue weighted by Gasteiger charge is -2.11. The second kappa shape index (κ2) is 7.07. The van der Waals surface area contributed by atoms with Crippen LogP contribution >= 0.6 is 12.2 Å². The zero-order valence-electron chi connectivity index (χ0n) is 12.6. The summed E-state index contributed by atoms with van der Waals surface area (Å²) in [5.74, 6) is 1.57. The standard InChI is InChI=1S/C18H17N3OS/c1-2-8-14-9-6-7-12-16(14)22-13-17-19-20-18(23)21(17)15-10-4-3-5-11-15/h2-7,9-12H,1,8,13H2,(H,20,23). The minimum absolute atomic E-state index is 0.330. The maximum atomic E-state index is 5.95. The molecule has 3 aromatic rings. The number of rotatable bonds is 6. The fourth-order valence-electron chi connectivity index (χ4n) is 2.38. The molecule has 2 aromatic carbocycles. The van der Waals surface area contributed by atoms with Crippen LogP contribution in [-0.4, -0.2) is 14.8 Å². The number of nitrogens with one attached hydrogen (secondary N) is 1. The molecule has 0 radical (unpaired) electrons. The summed E-state index contributed by atoms with van der Waals surface area (Å²) in [5.41, 5.74) is 2.06. The van der Waals surface area contributed by atoms with Crippen LogP contribution in [0.1, 0.15) is 11.4 Å². The highest BCUT2D eigenvalue weighted by Crippen LogP contribution is 2.20. The lowest BCUT2D eigenvalue weighted by Crippen LogP contribution is -2.06. The molecule has 1 aromatic heterocycles. The molecule has 0 aliphatic carbocycles. The molecule has 1 heterocycles. The predicted octanol–water partition coefficient (Wildman–Crippen LogP) is 4.24. The zero-order valence-corrected chi connectivity index (χ0v) is 13.4. The van der Waals surface area contributed by atoms with Crippen LogP contribution in [0.3, 0.4) is 0 Å². The van der Waals surface area contributed by atoms with Gasteiger partial charge in [0.1, 0.15) is 12.4 Å². The minimum atomic E-state index is 0.330. The highest BCUT2D eigenvalue weighted by Gasteiger charge is 2.10. The van der Waals surface area contributed by atoms with Gasteiger partial charge in [-0.25, -0.2) is 0 Å². The van der Waals surface area contributed by atoms with E-state index in [1.54, 1.807) is 0 Å². The predicted molar refractivity (Wildman–Crippen MR) is 93.4 cm³/mol. The number of hydrogen-bond acceptors (Lipinski definition) is 3. The monoisotopic (exact) mass is 323 g/mol. The minimum Gasteiger partial charge on any atom is -0.485 e. The Hall–Kier alpha value is -2.66. The fraction of sp³-hybridized carbons (Fsp3) is 0.111. The van der Waals surface area contributed by atoms with Crippen molar-refractivity contribution in [3.05, 3.63) is 83.4 Å². The highest BCUT2D eigenvalue weighted by molar-refractivity contribution is 7.71. The Balaban J connectivity index is 1.85. The van der Waals surface area contributed by atoms with Crippen molar-refractivity contribution in [1.82, 2.24) is 14.8 Å². The fourth-order valence-corrected chi connectivity index (χ4v) is 2.64. The second-order valence-corrected chi connectivity index (χ2v) is 5.39. The van der Waals surface area contributed by atoms with Gasteiger partial charge >= 0.3 is 0 Å². The summed E-state index contributed by atoms with van der Waals surface area (Å²) in [6, 6.07) is 17.8. The summed E-state index contributed by atoms with van der Waals surface area (Å²) >= 11 is 5.33. The first-order valence-electron chi connectivity index (χ1n) is 7.33. The van der Waals surface area contributed by atoms with E-state index in [1.165, 1.54) is 0 Å². The molecule has 0 fully saturated rings. The molecule has 116 valence electrons. The molecule has 3 rings (SSSR count). The van der Waals surface area contributed by atoms with E-state index < -0.39 is 0 Å². The number of allylic oxidation sites excluding steroid dienone is 1. The van der Waals surface area contributed by atoms with Gasteiger partial charge in [-0.1, -0.05) is 42.5 Å². The Bertz CT molecular complexity index is 852. The van der Waals surface area contributed by atoms with Gasteiger partial charge in [-0.3, -0.25) is 9.67 Å². The van der Waals surface area contributed by atoms with Crippen LogP contribution < -0.4 is 4.74 Å². The van der Waals surface area contributed by atoms with Crippen molar-refractivity contribution < 1.29 is 4.74 Å². The third-order valence-corrected chi connectivity index (χ3v) is 3.72. The van der Waals surface area contributed by atoms with Crippen molar-refractivity contribution in [2.75, 3.05) is 0 Å². The van der Waals surface area contributed by atoms with Crippen molar-refractivity contribution in [2.24, 2.45) is 0 Å². The van der Waals surface area contributed by atoms with Gasteiger partial charge in [0.25, 0.3) is 0 Å². The Morgan fingerprint density at radius 1 is 1.13 bits per heavy atom. The summed E-state index contributed by atoms with van der Waals surface area (Å²) in [4.78, 5) is 0. The molecule has 0 saturated carbocycles. The highest BCUT2D eigenvalue weighted by atomic mass is 32.1. The first-order chi connectivity index (χ1) is 11.3. The Kier molecular flexibility index (Phi) is 4.68. The summed E-state index contributed by atoms with van der Waals surface area (Å²) in [6.07, 6.45) is 2.63. The van der Waals surface area contributed by atoms with Crippen LogP contribution in [0.4, 0.5) is 0 Å². The Morgan fingerprint density at radius 2 is 1.87 bits per heavy atom. The Morgan fingerprint density at radius 3 is 2.65 bits per heavy atom. The number of benzene rings is 2. The molecule has 0 saturated heterocycles. The number of hydrogen-bond donors (Lipinski definition) is 1. The number of para-hydroxylation sites is 2. The van der Waals surface area contributed by atoms with Crippen molar-refractivity contribution in [2.45, 2.75) is 13.0 Å². The molecule has 0 unspecified atom stereocenters. The second-order valence-electron chi connectivity index (χ2n) is 5.01. The summed E-state index contributed by atoms with van der Waals surface area (Å²) < 4.78 is 8.38. The van der Waals surface area contributed by atoms with Gasteiger partial charge in [0.15, 0.2) is 10.6 Å². The van der Waals surface area contributed by atoms with Gasteiger partial charge < -0.3 is 4.74 Å². The van der Waals surface area contributed by atoms with E-state index >= 15 is 0 Å². The van der Waals surface area contributed by atoms with Crippen LogP contribution in [-0.2, 0) is 13.0 Å². The van der Waals surface area contributed by atoms with Crippen LogP contribution in [0.15, 0.2) is 67.3 Å². The lowest BCUT2D eigenvalue weighted by molar-refractivity contribution is 0.291. The van der Waals surface area contributed by atoms with Crippen LogP contribution in [0, 0.1) is 4.77 Å². The molecule has 0 atom stereocenters. The molecule has 0 aliphatic heterocycles. The van der Waals surface area contributed by atoms with Gasteiger partial charge in [0.2, 0.25) is 0 Å². The van der Waals surface area contributed by atoms with Gasteiger partial charge in [-0.15, -0.1) is 6.58 Å². The molecule has 0 amide bonds. The molecule has 0 aliphatic rings. The van der Waals surface area contributed by atoms with Gasteiger partial charge in [-0.2, -0.15) is 5.10 Å². The number of ether oxygens (including phenoxy) is 1. The topological polar surface area (TPSA) is 42.8 Å². The molecular weight excluding hydrogens is 306 g/mol. The van der Waals surface area contributed by atoms with Gasteiger partial charge in [0.05, 0.1) is 0 Å². The quantitative estimate of drug-likeness (QED) is 0.545. The third kappa shape index (κ3) is 3.40. The summed E-state index contributed by atoms with van der Waals surface area (Å²) in [7, 11) is 0. The molecule has 0 spiro atoms. The van der Waals surface area contributed by atoms with Crippen molar-refractivity contribution >= 4 is 12.2 Å². The average molecular weight is 323 g/mol. The molecular formula is C18H17N3OS. The molecule has 0 bridgehead atoms. The van der Waals surface area contributed by atoms with Crippen molar-refractivity contribution in [3.63, 3.8) is 0 Å². The van der Waals surface area contributed by atoms with E-state index in [4.69, 9.17) is 17.0 Å². The van der Waals surface area contributed by atoms with Crippen LogP contribution in [0.25, 0.3) is 5.69 Å². The largest absolute Gasteiger partial charge is 0.485 e. The van der Waals surface area contributed by atoms with E-state index in [1.807, 2.05) is 65.2 Å². The molecule has 4 nitrogen and oxygen atoms in total.